The number of likely N-dealkylation sites (N-methyl/N-ethyl adjacent to an activating group) is 1. The van der Waals surface area contributed by atoms with E-state index in [9.17, 15) is 4.79 Å². The first-order chi connectivity index (χ1) is 15.8. The van der Waals surface area contributed by atoms with Gasteiger partial charge in [0.25, 0.3) is 5.89 Å². The number of aryl methyl sites for hydroxylation is 2. The fourth-order valence-corrected chi connectivity index (χ4v) is 4.15. The Morgan fingerprint density at radius 3 is 2.42 bits per heavy atom. The molecule has 0 saturated heterocycles. The normalized spacial score (nSPS) is 11.2. The van der Waals surface area contributed by atoms with Crippen LogP contribution in [0.2, 0.25) is 5.02 Å². The average molecular weight is 462 g/mol. The van der Waals surface area contributed by atoms with E-state index in [-0.39, 0.29) is 6.54 Å². The molecule has 1 heterocycles. The van der Waals surface area contributed by atoms with Gasteiger partial charge >= 0.3 is 5.97 Å². The van der Waals surface area contributed by atoms with Gasteiger partial charge in [-0.1, -0.05) is 53.2 Å². The standard InChI is InChI=1S/C26H24ClN3O3/c1-16-6-4-5-7-20(16)21-11-9-19(12-17(21)2)26-28-25(29-33-26)22-10-8-18(13-23(22)27)14-30(3)15-24(31)32/h4-13H,14-15H2,1-3H3,(H,31,32). The second-order valence-corrected chi connectivity index (χ2v) is 8.56. The number of carboxylic acids is 1. The Morgan fingerprint density at radius 2 is 1.73 bits per heavy atom. The predicted molar refractivity (Wildman–Crippen MR) is 129 cm³/mol. The number of hydrogen-bond donors (Lipinski definition) is 1. The molecule has 0 atom stereocenters. The van der Waals surface area contributed by atoms with E-state index in [1.54, 1.807) is 18.0 Å². The lowest BCUT2D eigenvalue weighted by Gasteiger charge is -2.14. The lowest BCUT2D eigenvalue weighted by atomic mass is 9.95. The van der Waals surface area contributed by atoms with E-state index in [0.717, 1.165) is 16.7 Å². The molecule has 168 valence electrons. The summed E-state index contributed by atoms with van der Waals surface area (Å²) in [5.74, 6) is -0.0476. The molecule has 1 N–H and O–H groups in total. The fraction of sp³-hybridized carbons (Fsp3) is 0.192. The third-order valence-electron chi connectivity index (χ3n) is 5.47. The summed E-state index contributed by atoms with van der Waals surface area (Å²) in [4.78, 5) is 17.1. The van der Waals surface area contributed by atoms with E-state index in [2.05, 4.69) is 42.2 Å². The summed E-state index contributed by atoms with van der Waals surface area (Å²) in [6, 6.07) is 19.9. The van der Waals surface area contributed by atoms with E-state index in [1.165, 1.54) is 16.7 Å². The Hall–Kier alpha value is -3.48. The van der Waals surface area contributed by atoms with Crippen LogP contribution in [-0.4, -0.2) is 39.7 Å². The molecule has 0 fully saturated rings. The van der Waals surface area contributed by atoms with Gasteiger partial charge in [-0.05, 0) is 73.0 Å². The van der Waals surface area contributed by atoms with Crippen LogP contribution in [0.5, 0.6) is 0 Å². The van der Waals surface area contributed by atoms with E-state index in [0.29, 0.717) is 28.8 Å². The van der Waals surface area contributed by atoms with Crippen molar-refractivity contribution in [1.82, 2.24) is 15.0 Å². The highest BCUT2D eigenvalue weighted by molar-refractivity contribution is 6.33. The Morgan fingerprint density at radius 1 is 1.00 bits per heavy atom. The van der Waals surface area contributed by atoms with Crippen LogP contribution in [0.15, 0.2) is 65.2 Å². The summed E-state index contributed by atoms with van der Waals surface area (Å²) >= 11 is 6.48. The van der Waals surface area contributed by atoms with Crippen LogP contribution in [0, 0.1) is 13.8 Å². The molecule has 7 heteroatoms. The van der Waals surface area contributed by atoms with Crippen LogP contribution >= 0.6 is 11.6 Å². The number of carbonyl (C=O) groups is 1. The number of halogens is 1. The molecule has 0 aliphatic carbocycles. The Kier molecular flexibility index (Phi) is 6.58. The van der Waals surface area contributed by atoms with Gasteiger partial charge in [0.1, 0.15) is 0 Å². The van der Waals surface area contributed by atoms with Crippen LogP contribution in [0.1, 0.15) is 16.7 Å². The molecular formula is C26H24ClN3O3. The van der Waals surface area contributed by atoms with Crippen LogP contribution in [0.4, 0.5) is 0 Å². The van der Waals surface area contributed by atoms with Crippen LogP contribution in [-0.2, 0) is 11.3 Å². The number of aliphatic carboxylic acids is 1. The van der Waals surface area contributed by atoms with Gasteiger partial charge in [-0.2, -0.15) is 4.98 Å². The SMILES string of the molecule is Cc1ccccc1-c1ccc(-c2nc(-c3ccc(CN(C)CC(=O)O)cc3Cl)no2)cc1C. The van der Waals surface area contributed by atoms with Crippen LogP contribution in [0.3, 0.4) is 0 Å². The second kappa shape index (κ2) is 9.57. The van der Waals surface area contributed by atoms with Gasteiger partial charge in [0.05, 0.1) is 11.6 Å². The highest BCUT2D eigenvalue weighted by Gasteiger charge is 2.16. The first-order valence-electron chi connectivity index (χ1n) is 10.5. The van der Waals surface area contributed by atoms with Crippen molar-refractivity contribution in [3.05, 3.63) is 82.4 Å². The topological polar surface area (TPSA) is 79.5 Å². The van der Waals surface area contributed by atoms with E-state index >= 15 is 0 Å². The van der Waals surface area contributed by atoms with Crippen molar-refractivity contribution in [2.45, 2.75) is 20.4 Å². The van der Waals surface area contributed by atoms with Gasteiger partial charge in [-0.15, -0.1) is 0 Å². The van der Waals surface area contributed by atoms with Crippen molar-refractivity contribution in [2.75, 3.05) is 13.6 Å². The molecule has 0 unspecified atom stereocenters. The Bertz CT molecular complexity index is 1320. The number of rotatable bonds is 7. The summed E-state index contributed by atoms with van der Waals surface area (Å²) in [7, 11) is 1.74. The van der Waals surface area contributed by atoms with E-state index in [4.69, 9.17) is 21.2 Å². The molecule has 3 aromatic carbocycles. The summed E-state index contributed by atoms with van der Waals surface area (Å²) in [6.07, 6.45) is 0. The molecule has 0 saturated carbocycles. The summed E-state index contributed by atoms with van der Waals surface area (Å²) in [5.41, 5.74) is 7.11. The van der Waals surface area contributed by atoms with Gasteiger partial charge in [0.2, 0.25) is 5.82 Å². The van der Waals surface area contributed by atoms with Crippen molar-refractivity contribution in [1.29, 1.82) is 0 Å². The minimum atomic E-state index is -0.873. The molecule has 0 bridgehead atoms. The zero-order valence-electron chi connectivity index (χ0n) is 18.7. The molecule has 33 heavy (non-hydrogen) atoms. The number of hydrogen-bond acceptors (Lipinski definition) is 5. The number of carboxylic acid groups (broad SMARTS) is 1. The van der Waals surface area contributed by atoms with Crippen LogP contribution in [0.25, 0.3) is 34.0 Å². The lowest BCUT2D eigenvalue weighted by molar-refractivity contribution is -0.138. The molecule has 1 aromatic heterocycles. The van der Waals surface area contributed by atoms with Gasteiger partial charge in [0, 0.05) is 17.7 Å². The number of aromatic nitrogens is 2. The summed E-state index contributed by atoms with van der Waals surface area (Å²) in [6.45, 7) is 4.59. The number of nitrogens with zero attached hydrogens (tertiary/aromatic N) is 3. The fourth-order valence-electron chi connectivity index (χ4n) is 3.86. The maximum absolute atomic E-state index is 10.9. The second-order valence-electron chi connectivity index (χ2n) is 8.15. The third kappa shape index (κ3) is 5.13. The largest absolute Gasteiger partial charge is 0.480 e. The highest BCUT2D eigenvalue weighted by Crippen LogP contribution is 2.32. The maximum atomic E-state index is 10.9. The van der Waals surface area contributed by atoms with E-state index < -0.39 is 5.97 Å². The van der Waals surface area contributed by atoms with Gasteiger partial charge in [-0.25, -0.2) is 0 Å². The monoisotopic (exact) mass is 461 g/mol. The molecule has 0 radical (unpaired) electrons. The third-order valence-corrected chi connectivity index (χ3v) is 5.78. The molecule has 4 rings (SSSR count). The summed E-state index contributed by atoms with van der Waals surface area (Å²) < 4.78 is 5.53. The zero-order valence-corrected chi connectivity index (χ0v) is 19.4. The molecule has 0 aliphatic heterocycles. The van der Waals surface area contributed by atoms with Crippen molar-refractivity contribution in [3.8, 4) is 34.0 Å². The van der Waals surface area contributed by atoms with Gasteiger partial charge in [0.15, 0.2) is 0 Å². The first-order valence-corrected chi connectivity index (χ1v) is 10.9. The lowest BCUT2D eigenvalue weighted by Crippen LogP contribution is -2.25. The first kappa shape index (κ1) is 22.7. The molecule has 6 nitrogen and oxygen atoms in total. The average Bonchev–Trinajstić information content (AvgIpc) is 3.24. The van der Waals surface area contributed by atoms with Gasteiger partial charge < -0.3 is 9.63 Å². The van der Waals surface area contributed by atoms with Crippen molar-refractivity contribution in [2.24, 2.45) is 0 Å². The molecule has 0 amide bonds. The Balaban J connectivity index is 1.56. The minimum absolute atomic E-state index is 0.0460. The number of benzene rings is 3. The predicted octanol–water partition coefficient (Wildman–Crippen LogP) is 5.86. The van der Waals surface area contributed by atoms with Gasteiger partial charge in [-0.3, -0.25) is 9.69 Å². The molecular weight excluding hydrogens is 438 g/mol. The minimum Gasteiger partial charge on any atom is -0.480 e. The zero-order chi connectivity index (χ0) is 23.5. The Labute approximate surface area is 197 Å². The molecule has 0 spiro atoms. The van der Waals surface area contributed by atoms with E-state index in [1.807, 2.05) is 36.4 Å². The van der Waals surface area contributed by atoms with Crippen LogP contribution < -0.4 is 0 Å². The smallest absolute Gasteiger partial charge is 0.317 e. The quantitative estimate of drug-likeness (QED) is 0.371. The van der Waals surface area contributed by atoms with Crippen molar-refractivity contribution in [3.63, 3.8) is 0 Å². The highest BCUT2D eigenvalue weighted by atomic mass is 35.5. The molecule has 4 aromatic rings. The molecule has 0 aliphatic rings. The maximum Gasteiger partial charge on any atom is 0.317 e. The summed E-state index contributed by atoms with van der Waals surface area (Å²) in [5, 5.41) is 13.5. The van der Waals surface area contributed by atoms with Crippen molar-refractivity contribution >= 4 is 17.6 Å². The van der Waals surface area contributed by atoms with Crippen molar-refractivity contribution < 1.29 is 14.4 Å².